The summed E-state index contributed by atoms with van der Waals surface area (Å²) in [4.78, 5) is 37.9. The maximum absolute atomic E-state index is 12.2. The second kappa shape index (κ2) is 7.54. The maximum Gasteiger partial charge on any atom is 0.316 e. The van der Waals surface area contributed by atoms with Gasteiger partial charge in [-0.25, -0.2) is 0 Å². The van der Waals surface area contributed by atoms with Gasteiger partial charge >= 0.3 is 11.8 Å². The Kier molecular flexibility index (Phi) is 5.73. The van der Waals surface area contributed by atoms with Gasteiger partial charge in [-0.05, 0) is 51.6 Å². The van der Waals surface area contributed by atoms with E-state index in [1.807, 2.05) is 6.92 Å². The van der Waals surface area contributed by atoms with Crippen molar-refractivity contribution in [1.82, 2.24) is 15.5 Å². The number of piperidine rings is 2. The Morgan fingerprint density at radius 3 is 2.52 bits per heavy atom. The topological polar surface area (TPSA) is 78.5 Å². The van der Waals surface area contributed by atoms with E-state index in [-0.39, 0.29) is 17.9 Å². The van der Waals surface area contributed by atoms with E-state index in [0.717, 1.165) is 38.8 Å². The number of rotatable bonds is 2. The quantitative estimate of drug-likeness (QED) is 0.724. The first-order valence-corrected chi connectivity index (χ1v) is 8.00. The molecule has 1 atom stereocenters. The SMILES string of the molecule is CCC1CCCCN1C(=O)C(=O)NC(=O)C1CCNCC1. The Morgan fingerprint density at radius 1 is 1.14 bits per heavy atom. The van der Waals surface area contributed by atoms with E-state index in [2.05, 4.69) is 10.6 Å². The first-order chi connectivity index (χ1) is 10.1. The second-order valence-electron chi connectivity index (χ2n) is 5.90. The lowest BCUT2D eigenvalue weighted by molar-refractivity contribution is -0.150. The van der Waals surface area contributed by atoms with Crippen molar-refractivity contribution in [2.24, 2.45) is 5.92 Å². The number of carbonyl (C=O) groups is 3. The maximum atomic E-state index is 12.2. The molecule has 3 amide bonds. The monoisotopic (exact) mass is 295 g/mol. The predicted molar refractivity (Wildman–Crippen MR) is 78.4 cm³/mol. The fourth-order valence-corrected chi connectivity index (χ4v) is 3.17. The van der Waals surface area contributed by atoms with Crippen LogP contribution in [-0.2, 0) is 14.4 Å². The lowest BCUT2D eigenvalue weighted by atomic mass is 9.97. The van der Waals surface area contributed by atoms with E-state index in [9.17, 15) is 14.4 Å². The number of likely N-dealkylation sites (tertiary alicyclic amines) is 1. The Labute approximate surface area is 125 Å². The van der Waals surface area contributed by atoms with Gasteiger partial charge in [0.2, 0.25) is 5.91 Å². The third kappa shape index (κ3) is 4.03. The number of nitrogens with zero attached hydrogens (tertiary/aromatic N) is 1. The van der Waals surface area contributed by atoms with Gasteiger partial charge in [-0.1, -0.05) is 6.92 Å². The summed E-state index contributed by atoms with van der Waals surface area (Å²) < 4.78 is 0. The smallest absolute Gasteiger partial charge is 0.316 e. The summed E-state index contributed by atoms with van der Waals surface area (Å²) in [6.07, 6.45) is 5.25. The lowest BCUT2D eigenvalue weighted by Gasteiger charge is -2.34. The largest absolute Gasteiger partial charge is 0.331 e. The van der Waals surface area contributed by atoms with Crippen LogP contribution in [0.5, 0.6) is 0 Å². The zero-order valence-corrected chi connectivity index (χ0v) is 12.7. The van der Waals surface area contributed by atoms with E-state index < -0.39 is 11.8 Å². The van der Waals surface area contributed by atoms with E-state index >= 15 is 0 Å². The standard InChI is InChI=1S/C15H25N3O3/c1-2-12-5-3-4-10-18(12)15(21)14(20)17-13(19)11-6-8-16-9-7-11/h11-12,16H,2-10H2,1H3,(H,17,19,20). The molecule has 0 radical (unpaired) electrons. The van der Waals surface area contributed by atoms with Gasteiger partial charge in [0.05, 0.1) is 0 Å². The van der Waals surface area contributed by atoms with Crippen LogP contribution < -0.4 is 10.6 Å². The van der Waals surface area contributed by atoms with E-state index in [1.165, 1.54) is 0 Å². The number of imide groups is 1. The van der Waals surface area contributed by atoms with Gasteiger partial charge < -0.3 is 10.2 Å². The molecule has 0 saturated carbocycles. The van der Waals surface area contributed by atoms with Crippen LogP contribution in [0.1, 0.15) is 45.4 Å². The molecule has 0 aliphatic carbocycles. The normalized spacial score (nSPS) is 23.7. The summed E-state index contributed by atoms with van der Waals surface area (Å²) in [5.41, 5.74) is 0. The fourth-order valence-electron chi connectivity index (χ4n) is 3.17. The Hall–Kier alpha value is -1.43. The molecule has 6 nitrogen and oxygen atoms in total. The van der Waals surface area contributed by atoms with E-state index in [0.29, 0.717) is 19.4 Å². The number of nitrogens with one attached hydrogen (secondary N) is 2. The summed E-state index contributed by atoms with van der Waals surface area (Å²) in [5, 5.41) is 5.47. The molecule has 2 aliphatic rings. The summed E-state index contributed by atoms with van der Waals surface area (Å²) >= 11 is 0. The zero-order chi connectivity index (χ0) is 15.2. The van der Waals surface area contributed by atoms with E-state index in [4.69, 9.17) is 0 Å². The molecule has 2 heterocycles. The molecule has 2 saturated heterocycles. The molecule has 0 aromatic rings. The van der Waals surface area contributed by atoms with Gasteiger partial charge in [-0.2, -0.15) is 0 Å². The molecule has 2 rings (SSSR count). The molecule has 0 aromatic carbocycles. The average Bonchev–Trinajstić information content (AvgIpc) is 2.54. The fraction of sp³-hybridized carbons (Fsp3) is 0.800. The summed E-state index contributed by atoms with van der Waals surface area (Å²) in [7, 11) is 0. The van der Waals surface area contributed by atoms with Crippen molar-refractivity contribution in [1.29, 1.82) is 0 Å². The highest BCUT2D eigenvalue weighted by Gasteiger charge is 2.32. The molecule has 0 aromatic heterocycles. The number of carbonyl (C=O) groups excluding carboxylic acids is 3. The van der Waals surface area contributed by atoms with Gasteiger partial charge in [0.25, 0.3) is 0 Å². The van der Waals surface area contributed by atoms with Crippen LogP contribution in [0.3, 0.4) is 0 Å². The molecule has 2 fully saturated rings. The van der Waals surface area contributed by atoms with Crippen LogP contribution in [0.25, 0.3) is 0 Å². The third-order valence-corrected chi connectivity index (χ3v) is 4.50. The summed E-state index contributed by atoms with van der Waals surface area (Å²) in [5.74, 6) is -1.78. The third-order valence-electron chi connectivity index (χ3n) is 4.50. The van der Waals surface area contributed by atoms with Crippen molar-refractivity contribution in [3.63, 3.8) is 0 Å². The van der Waals surface area contributed by atoms with Crippen LogP contribution >= 0.6 is 0 Å². The molecular weight excluding hydrogens is 270 g/mol. The van der Waals surface area contributed by atoms with Crippen molar-refractivity contribution in [2.45, 2.75) is 51.5 Å². The van der Waals surface area contributed by atoms with Crippen LogP contribution in [0.4, 0.5) is 0 Å². The van der Waals surface area contributed by atoms with Crippen molar-refractivity contribution in [3.8, 4) is 0 Å². The van der Waals surface area contributed by atoms with Crippen LogP contribution in [0, 0.1) is 5.92 Å². The first-order valence-electron chi connectivity index (χ1n) is 8.00. The lowest BCUT2D eigenvalue weighted by Crippen LogP contribution is -2.52. The number of hydrogen-bond donors (Lipinski definition) is 2. The average molecular weight is 295 g/mol. The molecule has 6 heteroatoms. The number of amides is 3. The van der Waals surface area contributed by atoms with Crippen molar-refractivity contribution in [2.75, 3.05) is 19.6 Å². The van der Waals surface area contributed by atoms with Gasteiger partial charge in [0.15, 0.2) is 0 Å². The second-order valence-corrected chi connectivity index (χ2v) is 5.90. The van der Waals surface area contributed by atoms with Gasteiger partial charge in [-0.15, -0.1) is 0 Å². The molecule has 1 unspecified atom stereocenters. The highest BCUT2D eigenvalue weighted by Crippen LogP contribution is 2.19. The molecular formula is C15H25N3O3. The van der Waals surface area contributed by atoms with Crippen molar-refractivity contribution < 1.29 is 14.4 Å². The molecule has 118 valence electrons. The van der Waals surface area contributed by atoms with Gasteiger partial charge in [0, 0.05) is 18.5 Å². The van der Waals surface area contributed by atoms with Crippen LogP contribution in [-0.4, -0.2) is 48.3 Å². The molecule has 2 aliphatic heterocycles. The minimum atomic E-state index is -0.765. The highest BCUT2D eigenvalue weighted by molar-refractivity contribution is 6.37. The van der Waals surface area contributed by atoms with Gasteiger partial charge in [-0.3, -0.25) is 19.7 Å². The highest BCUT2D eigenvalue weighted by atomic mass is 16.2. The Balaban J connectivity index is 1.89. The molecule has 2 N–H and O–H groups in total. The minimum absolute atomic E-state index is 0.131. The van der Waals surface area contributed by atoms with Crippen molar-refractivity contribution in [3.05, 3.63) is 0 Å². The minimum Gasteiger partial charge on any atom is -0.331 e. The Bertz CT molecular complexity index is 405. The van der Waals surface area contributed by atoms with E-state index in [1.54, 1.807) is 4.90 Å². The van der Waals surface area contributed by atoms with Crippen LogP contribution in [0.2, 0.25) is 0 Å². The molecule has 0 bridgehead atoms. The first kappa shape index (κ1) is 15.9. The zero-order valence-electron chi connectivity index (χ0n) is 12.7. The predicted octanol–water partition coefficient (Wildman–Crippen LogP) is 0.420. The van der Waals surface area contributed by atoms with Crippen LogP contribution in [0.15, 0.2) is 0 Å². The number of hydrogen-bond acceptors (Lipinski definition) is 4. The van der Waals surface area contributed by atoms with Gasteiger partial charge in [0.1, 0.15) is 0 Å². The molecule has 21 heavy (non-hydrogen) atoms. The summed E-state index contributed by atoms with van der Waals surface area (Å²) in [6.45, 7) is 4.20. The Morgan fingerprint density at radius 2 is 1.86 bits per heavy atom. The summed E-state index contributed by atoms with van der Waals surface area (Å²) in [6, 6.07) is 0.131. The van der Waals surface area contributed by atoms with Crippen molar-refractivity contribution >= 4 is 17.7 Å². The molecule has 0 spiro atoms.